The fraction of sp³-hybridized carbons (Fsp3) is 0.333. The lowest BCUT2D eigenvalue weighted by Crippen LogP contribution is -2.34. The molecule has 8 nitrogen and oxygen atoms in total. The lowest BCUT2D eigenvalue weighted by atomic mass is 10.3. The molecular formula is C15H15N5O3. The lowest BCUT2D eigenvalue weighted by molar-refractivity contribution is -0.130. The van der Waals surface area contributed by atoms with Gasteiger partial charge in [-0.25, -0.2) is 4.79 Å². The molecule has 1 amide bonds. The molecule has 1 fully saturated rings. The number of oxazole rings is 1. The Hall–Kier alpha value is -2.90. The van der Waals surface area contributed by atoms with Crippen LogP contribution in [-0.2, 0) is 11.3 Å². The summed E-state index contributed by atoms with van der Waals surface area (Å²) in [5.74, 6) is -0.614. The van der Waals surface area contributed by atoms with Crippen LogP contribution in [0.25, 0.3) is 11.1 Å². The van der Waals surface area contributed by atoms with Gasteiger partial charge < -0.3 is 9.32 Å². The first kappa shape index (κ1) is 13.7. The molecule has 0 radical (unpaired) electrons. The van der Waals surface area contributed by atoms with Gasteiger partial charge in [0.25, 0.3) is 0 Å². The molecule has 0 aliphatic carbocycles. The second kappa shape index (κ2) is 5.38. The highest BCUT2D eigenvalue weighted by Crippen LogP contribution is 2.20. The molecule has 0 bridgehead atoms. The number of carbonyl (C=O) groups excluding carboxylic acids is 1. The third-order valence-corrected chi connectivity index (χ3v) is 4.15. The first-order valence-electron chi connectivity index (χ1n) is 7.44. The summed E-state index contributed by atoms with van der Waals surface area (Å²) in [6, 6.07) is 7.18. The van der Waals surface area contributed by atoms with E-state index in [0.29, 0.717) is 24.2 Å². The number of hydrogen-bond donors (Lipinski definition) is 0. The van der Waals surface area contributed by atoms with Crippen LogP contribution in [-0.4, -0.2) is 43.5 Å². The van der Waals surface area contributed by atoms with E-state index in [1.54, 1.807) is 40.3 Å². The van der Waals surface area contributed by atoms with Crippen LogP contribution in [0.5, 0.6) is 0 Å². The van der Waals surface area contributed by atoms with Crippen molar-refractivity contribution < 1.29 is 9.21 Å². The number of carbonyl (C=O) groups is 1. The first-order chi connectivity index (χ1) is 11.2. The first-order valence-corrected chi connectivity index (χ1v) is 7.44. The third-order valence-electron chi connectivity index (χ3n) is 4.15. The van der Waals surface area contributed by atoms with Crippen LogP contribution in [0.2, 0.25) is 0 Å². The maximum atomic E-state index is 12.5. The van der Waals surface area contributed by atoms with Crippen LogP contribution in [0.15, 0.2) is 45.9 Å². The second-order valence-corrected chi connectivity index (χ2v) is 5.55. The Kier molecular flexibility index (Phi) is 3.22. The van der Waals surface area contributed by atoms with Gasteiger partial charge in [-0.15, -0.1) is 0 Å². The Bertz CT molecular complexity index is 895. The predicted molar refractivity (Wildman–Crippen MR) is 80.7 cm³/mol. The van der Waals surface area contributed by atoms with E-state index in [2.05, 4.69) is 10.2 Å². The molecule has 0 spiro atoms. The summed E-state index contributed by atoms with van der Waals surface area (Å²) in [7, 11) is 0. The number of amides is 1. The van der Waals surface area contributed by atoms with Gasteiger partial charge in [0.05, 0.1) is 24.0 Å². The minimum absolute atomic E-state index is 0.0187. The molecule has 23 heavy (non-hydrogen) atoms. The second-order valence-electron chi connectivity index (χ2n) is 5.55. The molecule has 0 saturated carbocycles. The average molecular weight is 313 g/mol. The summed E-state index contributed by atoms with van der Waals surface area (Å²) < 4.78 is 6.53. The highest BCUT2D eigenvalue weighted by molar-refractivity contribution is 5.79. The number of nitrogens with zero attached hydrogens (tertiary/aromatic N) is 5. The number of rotatable bonds is 3. The number of para-hydroxylation sites is 2. The van der Waals surface area contributed by atoms with Crippen LogP contribution in [0, 0.1) is 0 Å². The fourth-order valence-corrected chi connectivity index (χ4v) is 2.97. The number of benzene rings is 1. The van der Waals surface area contributed by atoms with Gasteiger partial charge in [0.15, 0.2) is 5.58 Å². The topological polar surface area (TPSA) is 86.2 Å². The molecule has 1 aliphatic heterocycles. The summed E-state index contributed by atoms with van der Waals surface area (Å²) in [5.41, 5.74) is 1.13. The van der Waals surface area contributed by atoms with Crippen molar-refractivity contribution in [3.05, 3.63) is 47.2 Å². The van der Waals surface area contributed by atoms with Crippen molar-refractivity contribution in [1.29, 1.82) is 0 Å². The zero-order valence-electron chi connectivity index (χ0n) is 12.3. The zero-order chi connectivity index (χ0) is 15.8. The number of fused-ring (bicyclic) bond motifs is 1. The zero-order valence-corrected chi connectivity index (χ0v) is 12.3. The average Bonchev–Trinajstić information content (AvgIpc) is 3.27. The van der Waals surface area contributed by atoms with Crippen molar-refractivity contribution in [3.8, 4) is 0 Å². The normalized spacial score (nSPS) is 17.9. The molecule has 1 saturated heterocycles. The van der Waals surface area contributed by atoms with E-state index in [1.807, 2.05) is 6.07 Å². The summed E-state index contributed by atoms with van der Waals surface area (Å²) in [5, 5.41) is 8.24. The predicted octanol–water partition coefficient (Wildman–Crippen LogP) is 0.660. The Balaban J connectivity index is 1.52. The van der Waals surface area contributed by atoms with Gasteiger partial charge in [-0.1, -0.05) is 12.1 Å². The lowest BCUT2D eigenvalue weighted by Gasteiger charge is -2.16. The molecule has 8 heteroatoms. The largest absolute Gasteiger partial charge is 0.420 e. The van der Waals surface area contributed by atoms with E-state index in [9.17, 15) is 9.59 Å². The van der Waals surface area contributed by atoms with Gasteiger partial charge in [-0.05, 0) is 18.6 Å². The Labute approximate surface area is 130 Å². The van der Waals surface area contributed by atoms with Gasteiger partial charge in [-0.2, -0.15) is 15.0 Å². The van der Waals surface area contributed by atoms with Crippen LogP contribution in [0.1, 0.15) is 12.5 Å². The standard InChI is InChI=1S/C15H15N5O3/c21-14(18-8-5-11(9-18)20-16-6-7-17-20)10-19-12-3-1-2-4-13(12)23-15(19)22/h1-4,6-7,11H,5,8-10H2. The van der Waals surface area contributed by atoms with Crippen molar-refractivity contribution in [2.24, 2.45) is 0 Å². The van der Waals surface area contributed by atoms with E-state index in [1.165, 1.54) is 4.57 Å². The highest BCUT2D eigenvalue weighted by atomic mass is 16.4. The molecule has 4 rings (SSSR count). The third kappa shape index (κ3) is 2.41. The van der Waals surface area contributed by atoms with Crippen molar-refractivity contribution in [2.75, 3.05) is 13.1 Å². The van der Waals surface area contributed by atoms with Gasteiger partial charge in [0, 0.05) is 13.1 Å². The highest BCUT2D eigenvalue weighted by Gasteiger charge is 2.29. The van der Waals surface area contributed by atoms with Crippen molar-refractivity contribution in [3.63, 3.8) is 0 Å². The summed E-state index contributed by atoms with van der Waals surface area (Å²) >= 11 is 0. The monoisotopic (exact) mass is 313 g/mol. The van der Waals surface area contributed by atoms with E-state index < -0.39 is 5.76 Å². The molecule has 1 aromatic carbocycles. The minimum Gasteiger partial charge on any atom is -0.408 e. The minimum atomic E-state index is -0.510. The van der Waals surface area contributed by atoms with Gasteiger partial charge in [0.2, 0.25) is 5.91 Å². The smallest absolute Gasteiger partial charge is 0.408 e. The number of likely N-dealkylation sites (tertiary alicyclic amines) is 1. The summed E-state index contributed by atoms with van der Waals surface area (Å²) in [6.07, 6.45) is 4.06. The molecule has 1 atom stereocenters. The van der Waals surface area contributed by atoms with Crippen LogP contribution in [0.4, 0.5) is 0 Å². The number of hydrogen-bond acceptors (Lipinski definition) is 5. The Morgan fingerprint density at radius 3 is 2.87 bits per heavy atom. The maximum absolute atomic E-state index is 12.5. The molecule has 1 unspecified atom stereocenters. The van der Waals surface area contributed by atoms with Gasteiger partial charge in [-0.3, -0.25) is 9.36 Å². The molecule has 3 aromatic rings. The van der Waals surface area contributed by atoms with Gasteiger partial charge in [0.1, 0.15) is 6.54 Å². The molecular weight excluding hydrogens is 298 g/mol. The summed E-state index contributed by atoms with van der Waals surface area (Å²) in [6.45, 7) is 1.17. The van der Waals surface area contributed by atoms with Crippen LogP contribution >= 0.6 is 0 Å². The number of aromatic nitrogens is 4. The molecule has 118 valence electrons. The Morgan fingerprint density at radius 1 is 1.26 bits per heavy atom. The van der Waals surface area contributed by atoms with Crippen LogP contribution < -0.4 is 5.76 Å². The van der Waals surface area contributed by atoms with E-state index in [-0.39, 0.29) is 18.5 Å². The van der Waals surface area contributed by atoms with Crippen molar-refractivity contribution in [1.82, 2.24) is 24.5 Å². The summed E-state index contributed by atoms with van der Waals surface area (Å²) in [4.78, 5) is 27.8. The molecule has 3 heterocycles. The maximum Gasteiger partial charge on any atom is 0.420 e. The molecule has 1 aliphatic rings. The van der Waals surface area contributed by atoms with Gasteiger partial charge >= 0.3 is 5.76 Å². The Morgan fingerprint density at radius 2 is 2.04 bits per heavy atom. The molecule has 2 aromatic heterocycles. The quantitative estimate of drug-likeness (QED) is 0.709. The van der Waals surface area contributed by atoms with E-state index >= 15 is 0 Å². The fourth-order valence-electron chi connectivity index (χ4n) is 2.97. The van der Waals surface area contributed by atoms with Crippen molar-refractivity contribution >= 4 is 17.0 Å². The van der Waals surface area contributed by atoms with E-state index in [0.717, 1.165) is 6.42 Å². The SMILES string of the molecule is O=C(Cn1c(=O)oc2ccccc21)N1CCC(n2nccn2)C1. The van der Waals surface area contributed by atoms with Crippen LogP contribution in [0.3, 0.4) is 0 Å². The van der Waals surface area contributed by atoms with Crippen molar-refractivity contribution in [2.45, 2.75) is 19.0 Å². The molecule has 0 N–H and O–H groups in total. The van der Waals surface area contributed by atoms with E-state index in [4.69, 9.17) is 4.42 Å².